The smallest absolute Gasteiger partial charge is 0.416 e. The largest absolute Gasteiger partial charge is 0.481 e. The summed E-state index contributed by atoms with van der Waals surface area (Å²) >= 11 is 0. The van der Waals surface area contributed by atoms with Gasteiger partial charge in [0.05, 0.1) is 12.0 Å². The number of nitrogens with zero attached hydrogens (tertiary/aromatic N) is 3. The SMILES string of the molecule is O=C(O)CCN(CCc1ccccc1)c1nc(-c2cccc(C(F)(F)F)c2)nc2c1CCCC2. The molecule has 0 unspecified atom stereocenters. The lowest BCUT2D eigenvalue weighted by atomic mass is 9.95. The van der Waals surface area contributed by atoms with E-state index >= 15 is 0 Å². The molecule has 1 aliphatic rings. The molecule has 0 aliphatic heterocycles. The maximum atomic E-state index is 13.3. The Kier molecular flexibility index (Phi) is 7.14. The lowest BCUT2D eigenvalue weighted by Gasteiger charge is -2.29. The molecule has 2 aromatic carbocycles. The molecular weight excluding hydrogens is 443 g/mol. The first-order valence-electron chi connectivity index (χ1n) is 11.4. The van der Waals surface area contributed by atoms with Crippen molar-refractivity contribution in [3.8, 4) is 11.4 Å². The number of aryl methyl sites for hydroxylation is 1. The first-order valence-corrected chi connectivity index (χ1v) is 11.4. The summed E-state index contributed by atoms with van der Waals surface area (Å²) in [7, 11) is 0. The van der Waals surface area contributed by atoms with Crippen LogP contribution in [0.2, 0.25) is 0 Å². The molecule has 1 aliphatic carbocycles. The molecule has 0 radical (unpaired) electrons. The first-order chi connectivity index (χ1) is 16.3. The molecule has 0 saturated carbocycles. The van der Waals surface area contributed by atoms with Gasteiger partial charge >= 0.3 is 12.1 Å². The van der Waals surface area contributed by atoms with E-state index in [0.717, 1.165) is 54.6 Å². The molecule has 178 valence electrons. The van der Waals surface area contributed by atoms with Crippen LogP contribution in [0.3, 0.4) is 0 Å². The summed E-state index contributed by atoms with van der Waals surface area (Å²) in [6.07, 6.45) is -0.423. The Morgan fingerprint density at radius 1 is 0.971 bits per heavy atom. The quantitative estimate of drug-likeness (QED) is 0.468. The van der Waals surface area contributed by atoms with E-state index in [2.05, 4.69) is 4.98 Å². The van der Waals surface area contributed by atoms with Gasteiger partial charge in [0, 0.05) is 29.9 Å². The molecule has 1 heterocycles. The summed E-state index contributed by atoms with van der Waals surface area (Å²) in [4.78, 5) is 22.7. The number of benzene rings is 2. The van der Waals surface area contributed by atoms with Gasteiger partial charge in [-0.1, -0.05) is 42.5 Å². The van der Waals surface area contributed by atoms with Gasteiger partial charge in [0.25, 0.3) is 0 Å². The maximum absolute atomic E-state index is 13.3. The van der Waals surface area contributed by atoms with Gasteiger partial charge in [-0.2, -0.15) is 13.2 Å². The van der Waals surface area contributed by atoms with Crippen molar-refractivity contribution in [3.63, 3.8) is 0 Å². The second-order valence-electron chi connectivity index (χ2n) is 8.45. The van der Waals surface area contributed by atoms with Crippen LogP contribution in [0.5, 0.6) is 0 Å². The molecule has 0 bridgehead atoms. The van der Waals surface area contributed by atoms with Gasteiger partial charge < -0.3 is 10.0 Å². The van der Waals surface area contributed by atoms with Crippen molar-refractivity contribution in [2.75, 3.05) is 18.0 Å². The molecule has 1 N–H and O–H groups in total. The Hall–Kier alpha value is -3.42. The number of aliphatic carboxylic acids is 1. The van der Waals surface area contributed by atoms with Gasteiger partial charge in [0.15, 0.2) is 5.82 Å². The monoisotopic (exact) mass is 469 g/mol. The zero-order valence-corrected chi connectivity index (χ0v) is 18.7. The molecule has 8 heteroatoms. The van der Waals surface area contributed by atoms with E-state index in [1.54, 1.807) is 6.07 Å². The van der Waals surface area contributed by atoms with Crippen LogP contribution >= 0.6 is 0 Å². The number of carboxylic acid groups (broad SMARTS) is 1. The van der Waals surface area contributed by atoms with E-state index in [0.29, 0.717) is 24.3 Å². The third-order valence-electron chi connectivity index (χ3n) is 6.02. The molecule has 3 aromatic rings. The molecule has 0 saturated heterocycles. The van der Waals surface area contributed by atoms with Crippen LogP contribution in [0.15, 0.2) is 54.6 Å². The van der Waals surface area contributed by atoms with E-state index in [9.17, 15) is 23.1 Å². The van der Waals surface area contributed by atoms with E-state index in [1.165, 1.54) is 6.07 Å². The summed E-state index contributed by atoms with van der Waals surface area (Å²) in [6, 6.07) is 14.9. The van der Waals surface area contributed by atoms with Gasteiger partial charge in [-0.3, -0.25) is 4.79 Å². The summed E-state index contributed by atoms with van der Waals surface area (Å²) in [5.41, 5.74) is 2.47. The number of hydrogen-bond acceptors (Lipinski definition) is 4. The van der Waals surface area contributed by atoms with Crippen molar-refractivity contribution in [2.45, 2.75) is 44.7 Å². The minimum absolute atomic E-state index is 0.0630. The number of carbonyl (C=O) groups is 1. The summed E-state index contributed by atoms with van der Waals surface area (Å²) in [5.74, 6) is -0.0400. The van der Waals surface area contributed by atoms with Crippen molar-refractivity contribution >= 4 is 11.8 Å². The van der Waals surface area contributed by atoms with E-state index in [-0.39, 0.29) is 18.8 Å². The molecule has 4 rings (SSSR count). The standard InChI is InChI=1S/C26H26F3N3O2/c27-26(28,29)20-10-6-9-19(17-20)24-30-22-12-5-4-11-21(22)25(31-24)32(16-14-23(33)34)15-13-18-7-2-1-3-8-18/h1-3,6-10,17H,4-5,11-16H2,(H,33,34). The number of halogens is 3. The average Bonchev–Trinajstić information content (AvgIpc) is 2.83. The average molecular weight is 470 g/mol. The lowest BCUT2D eigenvalue weighted by Crippen LogP contribution is -2.31. The van der Waals surface area contributed by atoms with Gasteiger partial charge in [-0.05, 0) is 49.8 Å². The molecule has 0 amide bonds. The summed E-state index contributed by atoms with van der Waals surface area (Å²) < 4.78 is 39.9. The number of hydrogen-bond donors (Lipinski definition) is 1. The molecule has 0 spiro atoms. The van der Waals surface area contributed by atoms with Crippen molar-refractivity contribution in [3.05, 3.63) is 77.0 Å². The topological polar surface area (TPSA) is 66.3 Å². The molecule has 34 heavy (non-hydrogen) atoms. The third kappa shape index (κ3) is 5.73. The van der Waals surface area contributed by atoms with Crippen molar-refractivity contribution in [2.24, 2.45) is 0 Å². The Morgan fingerprint density at radius 3 is 2.47 bits per heavy atom. The van der Waals surface area contributed by atoms with Crippen molar-refractivity contribution in [1.82, 2.24) is 9.97 Å². The molecular formula is C26H26F3N3O2. The van der Waals surface area contributed by atoms with Crippen LogP contribution in [0.4, 0.5) is 19.0 Å². The zero-order valence-electron chi connectivity index (χ0n) is 18.7. The number of aromatic nitrogens is 2. The second-order valence-corrected chi connectivity index (χ2v) is 8.45. The van der Waals surface area contributed by atoms with Gasteiger partial charge in [-0.25, -0.2) is 9.97 Å². The van der Waals surface area contributed by atoms with Crippen LogP contribution in [-0.4, -0.2) is 34.1 Å². The molecule has 0 atom stereocenters. The summed E-state index contributed by atoms with van der Waals surface area (Å²) in [5, 5.41) is 9.31. The highest BCUT2D eigenvalue weighted by Gasteiger charge is 2.31. The van der Waals surface area contributed by atoms with Crippen LogP contribution in [0.1, 0.15) is 41.6 Å². The maximum Gasteiger partial charge on any atom is 0.416 e. The normalized spacial score (nSPS) is 13.4. The fourth-order valence-electron chi connectivity index (χ4n) is 4.26. The third-order valence-corrected chi connectivity index (χ3v) is 6.02. The highest BCUT2D eigenvalue weighted by atomic mass is 19.4. The lowest BCUT2D eigenvalue weighted by molar-refractivity contribution is -0.138. The fraction of sp³-hybridized carbons (Fsp3) is 0.346. The summed E-state index contributed by atoms with van der Waals surface area (Å²) in [6.45, 7) is 0.802. The second kappa shape index (κ2) is 10.2. The van der Waals surface area contributed by atoms with Gasteiger partial charge in [-0.15, -0.1) is 0 Å². The fourth-order valence-corrected chi connectivity index (χ4v) is 4.26. The number of rotatable bonds is 8. The predicted molar refractivity (Wildman–Crippen MR) is 124 cm³/mol. The van der Waals surface area contributed by atoms with Crippen LogP contribution in [0.25, 0.3) is 11.4 Å². The van der Waals surface area contributed by atoms with Crippen molar-refractivity contribution < 1.29 is 23.1 Å². The van der Waals surface area contributed by atoms with Gasteiger partial charge in [0.2, 0.25) is 0 Å². The number of alkyl halides is 3. The molecule has 0 fully saturated rings. The van der Waals surface area contributed by atoms with E-state index < -0.39 is 17.7 Å². The number of anilines is 1. The van der Waals surface area contributed by atoms with Gasteiger partial charge in [0.1, 0.15) is 5.82 Å². The number of fused-ring (bicyclic) bond motifs is 1. The van der Waals surface area contributed by atoms with Crippen LogP contribution in [0, 0.1) is 0 Å². The van der Waals surface area contributed by atoms with Crippen LogP contribution < -0.4 is 4.90 Å². The Labute approximate surface area is 196 Å². The number of carboxylic acids is 1. The molecule has 5 nitrogen and oxygen atoms in total. The Morgan fingerprint density at radius 2 is 1.74 bits per heavy atom. The van der Waals surface area contributed by atoms with Crippen molar-refractivity contribution in [1.29, 1.82) is 0 Å². The first kappa shape index (κ1) is 23.7. The Bertz CT molecular complexity index is 1150. The molecule has 1 aromatic heterocycles. The minimum atomic E-state index is -4.46. The zero-order chi connectivity index (χ0) is 24.1. The minimum Gasteiger partial charge on any atom is -0.481 e. The van der Waals surface area contributed by atoms with Crippen LogP contribution in [-0.2, 0) is 30.2 Å². The Balaban J connectivity index is 1.74. The predicted octanol–water partition coefficient (Wildman–Crippen LogP) is 5.57. The highest BCUT2D eigenvalue weighted by molar-refractivity contribution is 5.68. The van der Waals surface area contributed by atoms with E-state index in [1.807, 2.05) is 35.2 Å². The highest BCUT2D eigenvalue weighted by Crippen LogP contribution is 2.34. The van der Waals surface area contributed by atoms with E-state index in [4.69, 9.17) is 4.98 Å².